The SMILES string of the molecule is O=C(Cn1c(=O)oc2ccc(Cl)cc21)Nc1ccc2c(c1)CC1(C2)NC(=O)NC1=O. The number of fused-ring (bicyclic) bond motifs is 2. The Balaban J connectivity index is 1.35. The Morgan fingerprint density at radius 1 is 1.13 bits per heavy atom. The molecule has 0 bridgehead atoms. The third-order valence-corrected chi connectivity index (χ3v) is 5.66. The molecule has 3 aromatic rings. The average Bonchev–Trinajstić information content (AvgIpc) is 3.28. The van der Waals surface area contributed by atoms with E-state index in [1.54, 1.807) is 30.3 Å². The fraction of sp³-hybridized carbons (Fsp3) is 0.200. The van der Waals surface area contributed by atoms with Crippen molar-refractivity contribution in [2.75, 3.05) is 5.32 Å². The fourth-order valence-electron chi connectivity index (χ4n) is 4.06. The monoisotopic (exact) mass is 426 g/mol. The molecule has 1 unspecified atom stereocenters. The van der Waals surface area contributed by atoms with E-state index < -0.39 is 23.2 Å². The van der Waals surface area contributed by atoms with Gasteiger partial charge >= 0.3 is 11.8 Å². The topological polar surface area (TPSA) is 122 Å². The largest absolute Gasteiger partial charge is 0.420 e. The molecule has 1 aliphatic carbocycles. The summed E-state index contributed by atoms with van der Waals surface area (Å²) in [5.74, 6) is -1.42. The summed E-state index contributed by atoms with van der Waals surface area (Å²) >= 11 is 5.98. The number of imide groups is 1. The molecule has 2 heterocycles. The van der Waals surface area contributed by atoms with Crippen LogP contribution in [0.1, 0.15) is 11.1 Å². The molecule has 2 aliphatic rings. The highest BCUT2D eigenvalue weighted by atomic mass is 35.5. The number of aromatic nitrogens is 1. The second-order valence-corrected chi connectivity index (χ2v) is 7.88. The molecule has 5 rings (SSSR count). The Hall–Kier alpha value is -3.59. The van der Waals surface area contributed by atoms with Gasteiger partial charge in [0.1, 0.15) is 12.1 Å². The number of anilines is 1. The normalized spacial score (nSPS) is 19.8. The number of halogens is 1. The van der Waals surface area contributed by atoms with Crippen LogP contribution in [0.5, 0.6) is 0 Å². The van der Waals surface area contributed by atoms with Gasteiger partial charge in [0, 0.05) is 23.6 Å². The van der Waals surface area contributed by atoms with Crippen LogP contribution in [0.4, 0.5) is 10.5 Å². The maximum Gasteiger partial charge on any atom is 0.420 e. The molecule has 9 nitrogen and oxygen atoms in total. The number of carbonyl (C=O) groups is 3. The second kappa shape index (κ2) is 6.46. The number of carbonyl (C=O) groups excluding carboxylic acids is 3. The molecule has 30 heavy (non-hydrogen) atoms. The summed E-state index contributed by atoms with van der Waals surface area (Å²) in [6, 6.07) is 9.54. The smallest absolute Gasteiger partial charge is 0.408 e. The minimum Gasteiger partial charge on any atom is -0.408 e. The molecule has 10 heteroatoms. The summed E-state index contributed by atoms with van der Waals surface area (Å²) in [5.41, 5.74) is 2.13. The summed E-state index contributed by atoms with van der Waals surface area (Å²) in [7, 11) is 0. The number of hydrogen-bond donors (Lipinski definition) is 3. The Labute approximate surface area is 174 Å². The van der Waals surface area contributed by atoms with Crippen LogP contribution in [0.25, 0.3) is 11.1 Å². The average molecular weight is 427 g/mol. The zero-order chi connectivity index (χ0) is 21.0. The van der Waals surface area contributed by atoms with Crippen molar-refractivity contribution < 1.29 is 18.8 Å². The first-order valence-corrected chi connectivity index (χ1v) is 9.55. The Morgan fingerprint density at radius 3 is 2.70 bits per heavy atom. The van der Waals surface area contributed by atoms with Gasteiger partial charge in [-0.3, -0.25) is 19.5 Å². The molecular formula is C20H15ClN4O5. The minimum absolute atomic E-state index is 0.244. The molecule has 1 aliphatic heterocycles. The number of nitrogens with one attached hydrogen (secondary N) is 3. The Morgan fingerprint density at radius 2 is 1.93 bits per heavy atom. The number of amides is 4. The summed E-state index contributed by atoms with van der Waals surface area (Å²) in [6.45, 7) is -0.244. The van der Waals surface area contributed by atoms with Gasteiger partial charge in [-0.05, 0) is 41.5 Å². The van der Waals surface area contributed by atoms with E-state index >= 15 is 0 Å². The van der Waals surface area contributed by atoms with E-state index in [4.69, 9.17) is 16.0 Å². The van der Waals surface area contributed by atoms with Crippen LogP contribution in [0.15, 0.2) is 45.6 Å². The van der Waals surface area contributed by atoms with Crippen LogP contribution in [0, 0.1) is 0 Å². The Bertz CT molecular complexity index is 1310. The number of benzene rings is 2. The first-order chi connectivity index (χ1) is 14.3. The van der Waals surface area contributed by atoms with Crippen LogP contribution >= 0.6 is 11.6 Å². The fourth-order valence-corrected chi connectivity index (χ4v) is 4.23. The third kappa shape index (κ3) is 2.94. The molecule has 4 amide bonds. The van der Waals surface area contributed by atoms with Gasteiger partial charge in [0.15, 0.2) is 5.58 Å². The summed E-state index contributed by atoms with van der Waals surface area (Å²) in [6.07, 6.45) is 0.735. The van der Waals surface area contributed by atoms with Crippen molar-refractivity contribution in [3.8, 4) is 0 Å². The number of nitrogens with zero attached hydrogens (tertiary/aromatic N) is 1. The summed E-state index contributed by atoms with van der Waals surface area (Å²) in [4.78, 5) is 48.3. The van der Waals surface area contributed by atoms with E-state index in [0.717, 1.165) is 11.1 Å². The van der Waals surface area contributed by atoms with Crippen molar-refractivity contribution >= 4 is 46.2 Å². The number of hydrogen-bond acceptors (Lipinski definition) is 5. The van der Waals surface area contributed by atoms with Crippen molar-refractivity contribution in [2.45, 2.75) is 24.9 Å². The maximum atomic E-state index is 12.5. The molecule has 1 aromatic heterocycles. The van der Waals surface area contributed by atoms with Crippen molar-refractivity contribution in [2.24, 2.45) is 0 Å². The number of urea groups is 1. The quantitative estimate of drug-likeness (QED) is 0.548. The molecule has 1 spiro atoms. The highest BCUT2D eigenvalue weighted by Crippen LogP contribution is 2.34. The lowest BCUT2D eigenvalue weighted by Gasteiger charge is -2.18. The van der Waals surface area contributed by atoms with Crippen LogP contribution in [-0.4, -0.2) is 28.0 Å². The van der Waals surface area contributed by atoms with Gasteiger partial charge in [-0.25, -0.2) is 9.59 Å². The lowest BCUT2D eigenvalue weighted by atomic mass is 9.96. The molecule has 3 N–H and O–H groups in total. The predicted molar refractivity (Wildman–Crippen MR) is 107 cm³/mol. The molecule has 1 saturated heterocycles. The van der Waals surface area contributed by atoms with Gasteiger partial charge < -0.3 is 15.1 Å². The highest BCUT2D eigenvalue weighted by Gasteiger charge is 2.49. The maximum absolute atomic E-state index is 12.5. The van der Waals surface area contributed by atoms with Crippen LogP contribution in [0.2, 0.25) is 5.02 Å². The van der Waals surface area contributed by atoms with E-state index in [0.29, 0.717) is 34.7 Å². The minimum atomic E-state index is -0.968. The van der Waals surface area contributed by atoms with Gasteiger partial charge in [0.05, 0.1) is 5.52 Å². The summed E-state index contributed by atoms with van der Waals surface area (Å²) < 4.78 is 6.34. The highest BCUT2D eigenvalue weighted by molar-refractivity contribution is 6.31. The lowest BCUT2D eigenvalue weighted by molar-refractivity contribution is -0.123. The van der Waals surface area contributed by atoms with E-state index in [1.807, 2.05) is 6.07 Å². The van der Waals surface area contributed by atoms with Gasteiger partial charge in [0.2, 0.25) is 5.91 Å². The first-order valence-electron chi connectivity index (χ1n) is 9.17. The molecule has 1 atom stereocenters. The third-order valence-electron chi connectivity index (χ3n) is 5.42. The number of oxazole rings is 1. The van der Waals surface area contributed by atoms with Gasteiger partial charge in [-0.1, -0.05) is 17.7 Å². The van der Waals surface area contributed by atoms with Crippen LogP contribution in [-0.2, 0) is 29.0 Å². The molecular weight excluding hydrogens is 412 g/mol. The molecule has 2 aromatic carbocycles. The van der Waals surface area contributed by atoms with Crippen LogP contribution < -0.4 is 21.7 Å². The standard InChI is InChI=1S/C20H15ClN4O5/c21-12-2-4-15-14(6-12)25(19(29)30-15)9-16(26)22-13-3-1-10-7-20(8-11(10)5-13)17(27)23-18(28)24-20/h1-6H,7-9H2,(H,22,26)(H2,23,24,27,28). The van der Waals surface area contributed by atoms with E-state index in [9.17, 15) is 19.2 Å². The van der Waals surface area contributed by atoms with E-state index in [-0.39, 0.29) is 12.5 Å². The molecule has 0 saturated carbocycles. The summed E-state index contributed by atoms with van der Waals surface area (Å²) in [5, 5.41) is 8.15. The second-order valence-electron chi connectivity index (χ2n) is 7.44. The zero-order valence-corrected chi connectivity index (χ0v) is 16.2. The predicted octanol–water partition coefficient (Wildman–Crippen LogP) is 1.56. The van der Waals surface area contributed by atoms with Crippen LogP contribution in [0.3, 0.4) is 0 Å². The van der Waals surface area contributed by atoms with Crippen molar-refractivity contribution in [3.05, 3.63) is 63.1 Å². The Kier molecular flexibility index (Phi) is 3.97. The van der Waals surface area contributed by atoms with Gasteiger partial charge in [-0.2, -0.15) is 0 Å². The molecule has 0 radical (unpaired) electrons. The molecule has 1 fully saturated rings. The van der Waals surface area contributed by atoms with E-state index in [1.165, 1.54) is 4.57 Å². The van der Waals surface area contributed by atoms with Crippen molar-refractivity contribution in [3.63, 3.8) is 0 Å². The first kappa shape index (κ1) is 18.4. The van der Waals surface area contributed by atoms with E-state index in [2.05, 4.69) is 16.0 Å². The lowest BCUT2D eigenvalue weighted by Crippen LogP contribution is -2.47. The molecule has 152 valence electrons. The van der Waals surface area contributed by atoms with Crippen molar-refractivity contribution in [1.29, 1.82) is 0 Å². The zero-order valence-electron chi connectivity index (χ0n) is 15.5. The van der Waals surface area contributed by atoms with Gasteiger partial charge in [0.25, 0.3) is 5.91 Å². The van der Waals surface area contributed by atoms with Crippen molar-refractivity contribution in [1.82, 2.24) is 15.2 Å². The number of rotatable bonds is 3. The van der Waals surface area contributed by atoms with Gasteiger partial charge in [-0.15, -0.1) is 0 Å².